The van der Waals surface area contributed by atoms with Gasteiger partial charge in [0.05, 0.1) is 11.6 Å². The molecule has 0 unspecified atom stereocenters. The van der Waals surface area contributed by atoms with E-state index in [0.29, 0.717) is 13.0 Å². The third-order valence-corrected chi connectivity index (χ3v) is 5.75. The van der Waals surface area contributed by atoms with Crippen molar-refractivity contribution in [1.82, 2.24) is 14.7 Å². The van der Waals surface area contributed by atoms with E-state index >= 15 is 0 Å². The molecule has 2 fully saturated rings. The van der Waals surface area contributed by atoms with Gasteiger partial charge in [0, 0.05) is 33.1 Å². The zero-order valence-corrected chi connectivity index (χ0v) is 16.5. The Morgan fingerprint density at radius 1 is 0.967 bits per heavy atom. The summed E-state index contributed by atoms with van der Waals surface area (Å²) >= 11 is 0. The van der Waals surface area contributed by atoms with Crippen molar-refractivity contribution >= 4 is 11.9 Å². The number of hydrogen-bond acceptors (Lipinski definition) is 2. The van der Waals surface area contributed by atoms with E-state index in [-0.39, 0.29) is 36.6 Å². The van der Waals surface area contributed by atoms with Crippen molar-refractivity contribution in [1.29, 1.82) is 0 Å². The lowest BCUT2D eigenvalue weighted by molar-refractivity contribution is -0.140. The molecule has 5 nitrogen and oxygen atoms in total. The van der Waals surface area contributed by atoms with Crippen LogP contribution in [-0.2, 0) is 23.9 Å². The number of hydrogen-bond donors (Lipinski definition) is 0. The van der Waals surface area contributed by atoms with Gasteiger partial charge in [0.15, 0.2) is 0 Å². The molecule has 0 aromatic heterocycles. The molecule has 30 heavy (non-hydrogen) atoms. The molecule has 0 N–H and O–H groups in total. The quantitative estimate of drug-likeness (QED) is 0.766. The smallest absolute Gasteiger partial charge is 0.342 e. The highest BCUT2D eigenvalue weighted by molar-refractivity contribution is 5.90. The molecule has 2 aliphatic heterocycles. The fourth-order valence-corrected chi connectivity index (χ4v) is 4.35. The molecule has 2 aliphatic rings. The van der Waals surface area contributed by atoms with Crippen molar-refractivity contribution in [2.75, 3.05) is 20.1 Å². The van der Waals surface area contributed by atoms with Gasteiger partial charge in [0.1, 0.15) is 6.04 Å². The molecule has 0 bridgehead atoms. The van der Waals surface area contributed by atoms with E-state index < -0.39 is 17.8 Å². The average Bonchev–Trinajstić information content (AvgIpc) is 3.01. The van der Waals surface area contributed by atoms with Crippen LogP contribution in [0.1, 0.15) is 16.7 Å². The van der Waals surface area contributed by atoms with Gasteiger partial charge in [-0.1, -0.05) is 48.5 Å². The number of alkyl halides is 3. The zero-order chi connectivity index (χ0) is 21.5. The molecule has 158 valence electrons. The average molecular weight is 417 g/mol. The van der Waals surface area contributed by atoms with Crippen LogP contribution >= 0.6 is 0 Å². The van der Waals surface area contributed by atoms with Crippen molar-refractivity contribution in [2.45, 2.75) is 31.2 Å². The lowest BCUT2D eigenvalue weighted by Gasteiger charge is -2.40. The number of likely N-dealkylation sites (N-methyl/N-ethyl adjacent to an activating group) is 1. The van der Waals surface area contributed by atoms with Gasteiger partial charge in [-0.25, -0.2) is 4.79 Å². The van der Waals surface area contributed by atoms with Crippen molar-refractivity contribution in [3.8, 4) is 0 Å². The Hall–Kier alpha value is -3.03. The number of piperazine rings is 1. The molecule has 0 aliphatic carbocycles. The largest absolute Gasteiger partial charge is 0.416 e. The predicted octanol–water partition coefficient (Wildman–Crippen LogP) is 3.39. The van der Waals surface area contributed by atoms with Crippen molar-refractivity contribution in [3.05, 3.63) is 71.3 Å². The molecule has 8 heteroatoms. The lowest BCUT2D eigenvalue weighted by Crippen LogP contribution is -2.60. The molecule has 0 radical (unpaired) electrons. The number of carbonyl (C=O) groups is 2. The van der Waals surface area contributed by atoms with Crippen LogP contribution in [0.4, 0.5) is 18.0 Å². The summed E-state index contributed by atoms with van der Waals surface area (Å²) in [6.45, 7) is 0.513. The molecule has 2 heterocycles. The Kier molecular flexibility index (Phi) is 5.17. The summed E-state index contributed by atoms with van der Waals surface area (Å²) < 4.78 is 40.1. The Labute approximate surface area is 172 Å². The SMILES string of the molecule is CN1C[C@@H]2CN(Cc3ccccc3C(F)(F)F)C(=O)N2[C@@H](Cc2ccccc2)C1=O. The normalized spacial score (nSPS) is 21.9. The number of amides is 3. The first-order valence-electron chi connectivity index (χ1n) is 9.77. The third kappa shape index (κ3) is 3.74. The first-order chi connectivity index (χ1) is 14.3. The summed E-state index contributed by atoms with van der Waals surface area (Å²) in [7, 11) is 1.70. The number of carbonyl (C=O) groups excluding carboxylic acids is 2. The van der Waals surface area contributed by atoms with E-state index in [0.717, 1.165) is 11.6 Å². The highest BCUT2D eigenvalue weighted by Crippen LogP contribution is 2.34. The minimum atomic E-state index is -4.49. The van der Waals surface area contributed by atoms with Crippen LogP contribution in [0.5, 0.6) is 0 Å². The number of urea groups is 1. The molecular formula is C22H22F3N3O2. The Morgan fingerprint density at radius 3 is 2.33 bits per heavy atom. The van der Waals surface area contributed by atoms with E-state index in [1.54, 1.807) is 16.8 Å². The first kappa shape index (κ1) is 20.3. The van der Waals surface area contributed by atoms with Gasteiger partial charge >= 0.3 is 12.2 Å². The maximum atomic E-state index is 13.4. The number of rotatable bonds is 4. The summed E-state index contributed by atoms with van der Waals surface area (Å²) in [4.78, 5) is 30.6. The number of nitrogens with zero attached hydrogens (tertiary/aromatic N) is 3. The van der Waals surface area contributed by atoms with Crippen LogP contribution in [0.25, 0.3) is 0 Å². The maximum Gasteiger partial charge on any atom is 0.416 e. The maximum absolute atomic E-state index is 13.4. The molecule has 2 atom stereocenters. The van der Waals surface area contributed by atoms with Gasteiger partial charge in [0.25, 0.3) is 0 Å². The lowest BCUT2D eigenvalue weighted by atomic mass is 9.99. The minimum absolute atomic E-state index is 0.0532. The summed E-state index contributed by atoms with van der Waals surface area (Å²) in [5, 5.41) is 0. The van der Waals surface area contributed by atoms with Crippen molar-refractivity contribution in [2.24, 2.45) is 0 Å². The van der Waals surface area contributed by atoms with Crippen molar-refractivity contribution in [3.63, 3.8) is 0 Å². The molecule has 3 amide bonds. The van der Waals surface area contributed by atoms with Crippen LogP contribution in [0.2, 0.25) is 0 Å². The minimum Gasteiger partial charge on any atom is -0.342 e. The molecular weight excluding hydrogens is 395 g/mol. The number of fused-ring (bicyclic) bond motifs is 1. The number of halogens is 3. The van der Waals surface area contributed by atoms with Gasteiger partial charge in [-0.15, -0.1) is 0 Å². The standard InChI is InChI=1S/C22H22F3N3O2/c1-26-13-17-14-27(12-16-9-5-6-10-18(16)22(23,24)25)21(30)28(17)19(20(26)29)11-15-7-3-2-4-8-15/h2-10,17,19H,11-14H2,1H3/t17-,19+/m1/s1. The second-order valence-electron chi connectivity index (χ2n) is 7.80. The Balaban J connectivity index is 1.59. The summed E-state index contributed by atoms with van der Waals surface area (Å²) in [6.07, 6.45) is -4.11. The van der Waals surface area contributed by atoms with Crippen LogP contribution in [0, 0.1) is 0 Å². The topological polar surface area (TPSA) is 43.9 Å². The molecule has 2 aromatic rings. The molecule has 2 saturated heterocycles. The van der Waals surface area contributed by atoms with Gasteiger partial charge in [-0.3, -0.25) is 4.79 Å². The highest BCUT2D eigenvalue weighted by atomic mass is 19.4. The highest BCUT2D eigenvalue weighted by Gasteiger charge is 2.48. The van der Waals surface area contributed by atoms with Gasteiger partial charge in [0.2, 0.25) is 5.91 Å². The fraction of sp³-hybridized carbons (Fsp3) is 0.364. The molecule has 0 saturated carbocycles. The van der Waals surface area contributed by atoms with E-state index in [1.165, 1.54) is 23.1 Å². The zero-order valence-electron chi connectivity index (χ0n) is 16.5. The first-order valence-corrected chi connectivity index (χ1v) is 9.77. The second kappa shape index (κ2) is 7.66. The summed E-state index contributed by atoms with van der Waals surface area (Å²) in [5.74, 6) is -0.152. The van der Waals surface area contributed by atoms with Crippen LogP contribution < -0.4 is 0 Å². The van der Waals surface area contributed by atoms with E-state index in [4.69, 9.17) is 0 Å². The Morgan fingerprint density at radius 2 is 1.63 bits per heavy atom. The van der Waals surface area contributed by atoms with E-state index in [9.17, 15) is 22.8 Å². The summed E-state index contributed by atoms with van der Waals surface area (Å²) in [5.41, 5.74) is 0.243. The monoisotopic (exact) mass is 417 g/mol. The number of benzene rings is 2. The molecule has 2 aromatic carbocycles. The van der Waals surface area contributed by atoms with Crippen LogP contribution in [0.3, 0.4) is 0 Å². The fourth-order valence-electron chi connectivity index (χ4n) is 4.35. The van der Waals surface area contributed by atoms with Gasteiger partial charge in [-0.05, 0) is 17.2 Å². The van der Waals surface area contributed by atoms with Crippen LogP contribution in [-0.4, -0.2) is 58.9 Å². The van der Waals surface area contributed by atoms with Crippen LogP contribution in [0.15, 0.2) is 54.6 Å². The third-order valence-electron chi connectivity index (χ3n) is 5.75. The summed E-state index contributed by atoms with van der Waals surface area (Å²) in [6, 6.07) is 13.4. The predicted molar refractivity (Wildman–Crippen MR) is 104 cm³/mol. The van der Waals surface area contributed by atoms with Crippen molar-refractivity contribution < 1.29 is 22.8 Å². The Bertz CT molecular complexity index is 948. The van der Waals surface area contributed by atoms with Gasteiger partial charge < -0.3 is 14.7 Å². The van der Waals surface area contributed by atoms with E-state index in [1.807, 2.05) is 30.3 Å². The second-order valence-corrected chi connectivity index (χ2v) is 7.80. The van der Waals surface area contributed by atoms with Gasteiger partial charge in [-0.2, -0.15) is 13.2 Å². The molecule has 4 rings (SSSR count). The van der Waals surface area contributed by atoms with E-state index in [2.05, 4.69) is 0 Å². The molecule has 0 spiro atoms.